The highest BCUT2D eigenvalue weighted by Crippen LogP contribution is 2.40. The molecule has 6 rings (SSSR count). The van der Waals surface area contributed by atoms with Gasteiger partial charge in [-0.15, -0.1) is 0 Å². The fourth-order valence-corrected chi connectivity index (χ4v) is 4.12. The Hall–Kier alpha value is -4.68. The van der Waals surface area contributed by atoms with E-state index in [4.69, 9.17) is 4.52 Å². The first-order valence-electron chi connectivity index (χ1n) is 11.1. The number of H-pyrrole nitrogens is 1. The van der Waals surface area contributed by atoms with Gasteiger partial charge in [0, 0.05) is 34.3 Å². The molecular formula is C25H14F6N6O. The van der Waals surface area contributed by atoms with Gasteiger partial charge in [-0.1, -0.05) is 11.2 Å². The third-order valence-electron chi connectivity index (χ3n) is 5.93. The van der Waals surface area contributed by atoms with E-state index in [1.165, 1.54) is 16.9 Å². The number of aromatic amines is 1. The Morgan fingerprint density at radius 3 is 2.45 bits per heavy atom. The number of hydrogen-bond acceptors (Lipinski definition) is 5. The largest absolute Gasteiger partial charge is 0.417 e. The minimum absolute atomic E-state index is 0.0115. The van der Waals surface area contributed by atoms with Gasteiger partial charge in [0.2, 0.25) is 0 Å². The number of nitrogens with one attached hydrogen (secondary N) is 1. The fraction of sp³-hybridized carbons (Fsp3) is 0.120. The van der Waals surface area contributed by atoms with Crippen LogP contribution in [-0.2, 0) is 18.9 Å². The van der Waals surface area contributed by atoms with Crippen LogP contribution in [0.4, 0.5) is 26.3 Å². The van der Waals surface area contributed by atoms with Crippen molar-refractivity contribution in [2.45, 2.75) is 18.9 Å². The topological polar surface area (TPSA) is 85.4 Å². The number of hydrogen-bond donors (Lipinski definition) is 1. The molecule has 7 nitrogen and oxygen atoms in total. The van der Waals surface area contributed by atoms with Crippen LogP contribution >= 0.6 is 0 Å². The van der Waals surface area contributed by atoms with Crippen molar-refractivity contribution in [3.05, 3.63) is 84.0 Å². The maximum Gasteiger partial charge on any atom is 0.417 e. The van der Waals surface area contributed by atoms with Crippen molar-refractivity contribution in [1.29, 1.82) is 0 Å². The molecule has 2 aliphatic rings. The summed E-state index contributed by atoms with van der Waals surface area (Å²) in [5.74, 6) is 0.647. The number of nitrogens with zero attached hydrogens (tertiary/aromatic N) is 5. The van der Waals surface area contributed by atoms with Crippen molar-refractivity contribution in [1.82, 2.24) is 29.9 Å². The number of fused-ring (bicyclic) bond motifs is 2. The number of alkyl halides is 6. The quantitative estimate of drug-likeness (QED) is 0.259. The van der Waals surface area contributed by atoms with E-state index in [1.807, 2.05) is 30.5 Å². The van der Waals surface area contributed by atoms with Crippen LogP contribution in [0.25, 0.3) is 44.9 Å². The lowest BCUT2D eigenvalue weighted by Gasteiger charge is -2.14. The molecule has 0 saturated carbocycles. The third kappa shape index (κ3) is 4.35. The zero-order valence-corrected chi connectivity index (χ0v) is 19.0. The lowest BCUT2D eigenvalue weighted by atomic mass is 10.0. The molecule has 0 fully saturated rings. The van der Waals surface area contributed by atoms with Gasteiger partial charge in [-0.3, -0.25) is 4.68 Å². The summed E-state index contributed by atoms with van der Waals surface area (Å²) in [6.45, 7) is -0.0115. The van der Waals surface area contributed by atoms with Gasteiger partial charge in [-0.2, -0.15) is 31.4 Å². The van der Waals surface area contributed by atoms with Gasteiger partial charge in [0.25, 0.3) is 0 Å². The molecule has 4 aromatic rings. The Bertz CT molecular complexity index is 1750. The molecule has 0 aliphatic carbocycles. The minimum Gasteiger partial charge on any atom is -0.361 e. The van der Waals surface area contributed by atoms with E-state index < -0.39 is 29.0 Å². The zero-order valence-electron chi connectivity index (χ0n) is 19.0. The number of halogens is 6. The summed E-state index contributed by atoms with van der Waals surface area (Å²) in [6, 6.07) is 10.3. The molecule has 192 valence electrons. The third-order valence-corrected chi connectivity index (χ3v) is 5.93. The summed E-state index contributed by atoms with van der Waals surface area (Å²) in [5.41, 5.74) is -0.774. The molecule has 0 amide bonds. The second kappa shape index (κ2) is 8.43. The molecule has 0 unspecified atom stereocenters. The number of rotatable bonds is 4. The second-order valence-corrected chi connectivity index (χ2v) is 8.50. The summed E-state index contributed by atoms with van der Waals surface area (Å²) in [4.78, 5) is 12.2. The van der Waals surface area contributed by atoms with Crippen molar-refractivity contribution in [2.24, 2.45) is 0 Å². The lowest BCUT2D eigenvalue weighted by Crippen LogP contribution is -2.12. The van der Waals surface area contributed by atoms with E-state index in [1.54, 1.807) is 6.20 Å². The van der Waals surface area contributed by atoms with E-state index in [2.05, 4.69) is 25.2 Å². The van der Waals surface area contributed by atoms with E-state index in [-0.39, 0.29) is 24.1 Å². The Labute approximate surface area is 209 Å². The first-order chi connectivity index (χ1) is 18.0. The SMILES string of the molecule is FC(F)(F)c1ccc(-c2cc(Cn3cc4nc(-c5ccc6[nH]ccc6c5)nc-4cn3)on2)c(C(F)(F)F)c1. The summed E-state index contributed by atoms with van der Waals surface area (Å²) >= 11 is 0. The van der Waals surface area contributed by atoms with Crippen molar-refractivity contribution in [3.63, 3.8) is 0 Å². The summed E-state index contributed by atoms with van der Waals surface area (Å²) in [5, 5.41) is 8.90. The summed E-state index contributed by atoms with van der Waals surface area (Å²) < 4.78 is 86.1. The second-order valence-electron chi connectivity index (χ2n) is 8.50. The number of benzene rings is 2. The lowest BCUT2D eigenvalue weighted by molar-refractivity contribution is -0.142. The first kappa shape index (κ1) is 23.7. The molecule has 2 aliphatic heterocycles. The van der Waals surface area contributed by atoms with Crippen molar-refractivity contribution in [2.75, 3.05) is 0 Å². The van der Waals surface area contributed by atoms with E-state index in [0.717, 1.165) is 22.5 Å². The van der Waals surface area contributed by atoms with Gasteiger partial charge >= 0.3 is 12.4 Å². The van der Waals surface area contributed by atoms with Crippen LogP contribution in [-0.4, -0.2) is 29.9 Å². The molecule has 0 radical (unpaired) electrons. The number of imidazole rings is 1. The minimum atomic E-state index is -5.03. The summed E-state index contributed by atoms with van der Waals surface area (Å²) in [6.07, 6.45) is -5.03. The summed E-state index contributed by atoms with van der Waals surface area (Å²) in [7, 11) is 0. The van der Waals surface area contributed by atoms with Crippen molar-refractivity contribution in [3.8, 4) is 34.0 Å². The molecule has 2 aromatic carbocycles. The predicted octanol–water partition coefficient (Wildman–Crippen LogP) is 6.67. The van der Waals surface area contributed by atoms with Gasteiger partial charge in [0.1, 0.15) is 23.6 Å². The highest BCUT2D eigenvalue weighted by Gasteiger charge is 2.39. The molecule has 0 saturated heterocycles. The van der Waals surface area contributed by atoms with Crippen LogP contribution in [0.15, 0.2) is 71.6 Å². The molecule has 4 heterocycles. The van der Waals surface area contributed by atoms with Gasteiger partial charge in [-0.05, 0) is 36.4 Å². The smallest absolute Gasteiger partial charge is 0.361 e. The maximum atomic E-state index is 13.5. The van der Waals surface area contributed by atoms with Gasteiger partial charge in [0.15, 0.2) is 11.6 Å². The monoisotopic (exact) mass is 528 g/mol. The van der Waals surface area contributed by atoms with Crippen LogP contribution in [0.1, 0.15) is 16.9 Å². The first-order valence-corrected chi connectivity index (χ1v) is 11.1. The molecule has 0 atom stereocenters. The molecule has 13 heteroatoms. The average Bonchev–Trinajstić information content (AvgIpc) is 3.61. The number of aromatic nitrogens is 6. The molecule has 0 bridgehead atoms. The Morgan fingerprint density at radius 2 is 1.66 bits per heavy atom. The Balaban J connectivity index is 1.28. The van der Waals surface area contributed by atoms with Crippen LogP contribution < -0.4 is 0 Å². The highest BCUT2D eigenvalue weighted by molar-refractivity contribution is 5.84. The van der Waals surface area contributed by atoms with Crippen molar-refractivity contribution >= 4 is 10.9 Å². The Morgan fingerprint density at radius 1 is 0.842 bits per heavy atom. The molecule has 1 N–H and O–H groups in total. The van der Waals surface area contributed by atoms with Crippen molar-refractivity contribution < 1.29 is 30.9 Å². The van der Waals surface area contributed by atoms with Crippen LogP contribution in [0.2, 0.25) is 0 Å². The molecule has 38 heavy (non-hydrogen) atoms. The normalized spacial score (nSPS) is 12.6. The standard InChI is InChI=1S/C25H14F6N6O/c26-24(27,28)15-2-3-17(18(8-15)25(29,30)31)20-9-16(38-36-20)11-37-12-22-21(10-33-37)34-23(35-22)14-1-4-19-13(7-14)5-6-32-19/h1-10,12,32H,11H2. The van der Waals surface area contributed by atoms with Crippen LogP contribution in [0.3, 0.4) is 0 Å². The fourth-order valence-electron chi connectivity index (χ4n) is 4.12. The molecule has 0 spiro atoms. The molecule has 2 aromatic heterocycles. The van der Waals surface area contributed by atoms with Crippen LogP contribution in [0, 0.1) is 0 Å². The van der Waals surface area contributed by atoms with Gasteiger partial charge in [-0.25, -0.2) is 9.97 Å². The zero-order chi connectivity index (χ0) is 26.7. The van der Waals surface area contributed by atoms with Crippen LogP contribution in [0.5, 0.6) is 0 Å². The predicted molar refractivity (Wildman–Crippen MR) is 123 cm³/mol. The Kier molecular flexibility index (Phi) is 5.26. The highest BCUT2D eigenvalue weighted by atomic mass is 19.4. The maximum absolute atomic E-state index is 13.5. The van der Waals surface area contributed by atoms with E-state index in [9.17, 15) is 26.3 Å². The average molecular weight is 528 g/mol. The van der Waals surface area contributed by atoms with E-state index in [0.29, 0.717) is 23.3 Å². The van der Waals surface area contributed by atoms with Gasteiger partial charge in [0.05, 0.1) is 23.5 Å². The van der Waals surface area contributed by atoms with E-state index >= 15 is 0 Å². The van der Waals surface area contributed by atoms with Gasteiger partial charge < -0.3 is 9.51 Å². The molecular weight excluding hydrogens is 514 g/mol.